The molecule has 0 spiro atoms. The van der Waals surface area contributed by atoms with Gasteiger partial charge in [0.15, 0.2) is 5.89 Å². The number of alkyl carbamates (subject to hydrolysis) is 1. The van der Waals surface area contributed by atoms with Gasteiger partial charge in [-0.25, -0.2) is 14.8 Å². The Balaban J connectivity index is 1.14. The number of carbonyl (C=O) groups is 2. The summed E-state index contributed by atoms with van der Waals surface area (Å²) in [6.45, 7) is 4.33. The molecule has 11 heteroatoms. The second-order valence-corrected chi connectivity index (χ2v) is 13.5. The van der Waals surface area contributed by atoms with E-state index < -0.39 is 12.2 Å². The number of aliphatic hydroxyl groups is 1. The maximum Gasteiger partial charge on any atom is 0.407 e. The molecular weight excluding hydrogens is 598 g/mol. The first-order chi connectivity index (χ1) is 22.8. The fourth-order valence-electron chi connectivity index (χ4n) is 6.94. The van der Waals surface area contributed by atoms with Crippen LogP contribution in [-0.2, 0) is 9.53 Å². The van der Waals surface area contributed by atoms with Gasteiger partial charge in [-0.3, -0.25) is 14.7 Å². The van der Waals surface area contributed by atoms with E-state index in [2.05, 4.69) is 11.4 Å². The summed E-state index contributed by atoms with van der Waals surface area (Å²) in [6, 6.07) is 7.97. The molecule has 6 rings (SSSR count). The predicted molar refractivity (Wildman–Crippen MR) is 176 cm³/mol. The molecular formula is C36H47N5O6. The van der Waals surface area contributed by atoms with E-state index >= 15 is 0 Å². The van der Waals surface area contributed by atoms with Crippen LogP contribution >= 0.6 is 0 Å². The van der Waals surface area contributed by atoms with Crippen LogP contribution in [0.5, 0.6) is 5.75 Å². The molecule has 2 amide bonds. The summed E-state index contributed by atoms with van der Waals surface area (Å²) < 4.78 is 16.7. The summed E-state index contributed by atoms with van der Waals surface area (Å²) >= 11 is 0. The number of oxazole rings is 1. The van der Waals surface area contributed by atoms with Crippen molar-refractivity contribution in [1.82, 2.24) is 20.3 Å². The average molecular weight is 646 g/mol. The van der Waals surface area contributed by atoms with Crippen LogP contribution in [0, 0.1) is 18.8 Å². The molecule has 0 radical (unpaired) electrons. The molecule has 1 atom stereocenters. The number of amides is 2. The summed E-state index contributed by atoms with van der Waals surface area (Å²) in [4.78, 5) is 42.6. The van der Waals surface area contributed by atoms with Crippen LogP contribution in [0.15, 0.2) is 41.1 Å². The lowest BCUT2D eigenvalue weighted by Crippen LogP contribution is -2.43. The lowest BCUT2D eigenvalue weighted by atomic mass is 9.79. The van der Waals surface area contributed by atoms with Crippen LogP contribution in [0.4, 0.5) is 10.6 Å². The molecule has 47 heavy (non-hydrogen) atoms. The molecule has 252 valence electrons. The van der Waals surface area contributed by atoms with Gasteiger partial charge in [-0.05, 0) is 108 Å². The molecule has 3 aromatic heterocycles. The lowest BCUT2D eigenvalue weighted by molar-refractivity contribution is -0.124. The van der Waals surface area contributed by atoms with Gasteiger partial charge in [0.05, 0.1) is 18.9 Å². The molecule has 3 fully saturated rings. The molecule has 0 saturated heterocycles. The van der Waals surface area contributed by atoms with Crippen molar-refractivity contribution in [2.24, 2.45) is 11.8 Å². The summed E-state index contributed by atoms with van der Waals surface area (Å²) in [5, 5.41) is 12.0. The van der Waals surface area contributed by atoms with E-state index in [-0.39, 0.29) is 24.5 Å². The first-order valence-electron chi connectivity index (χ1n) is 17.1. The van der Waals surface area contributed by atoms with Gasteiger partial charge in [0.1, 0.15) is 29.6 Å². The largest absolute Gasteiger partial charge is 0.495 e. The number of hydrogen-bond acceptors (Lipinski definition) is 9. The number of methoxy groups -OCH3 is 1. The van der Waals surface area contributed by atoms with E-state index in [4.69, 9.17) is 28.8 Å². The number of aliphatic hydroxyl groups excluding tert-OH is 1. The quantitative estimate of drug-likeness (QED) is 0.246. The fourth-order valence-corrected chi connectivity index (χ4v) is 6.94. The number of nitrogens with one attached hydrogen (secondary N) is 1. The predicted octanol–water partition coefficient (Wildman–Crippen LogP) is 6.30. The Kier molecular flexibility index (Phi) is 10.4. The first kappa shape index (κ1) is 32.9. The van der Waals surface area contributed by atoms with Gasteiger partial charge in [-0.1, -0.05) is 0 Å². The Morgan fingerprint density at radius 3 is 2.45 bits per heavy atom. The summed E-state index contributed by atoms with van der Waals surface area (Å²) in [5.74, 6) is 3.25. The van der Waals surface area contributed by atoms with Crippen LogP contribution in [0.25, 0.3) is 11.3 Å². The van der Waals surface area contributed by atoms with Crippen LogP contribution in [-0.4, -0.2) is 64.5 Å². The van der Waals surface area contributed by atoms with Gasteiger partial charge in [0, 0.05) is 48.3 Å². The SMILES string of the molecule is COc1ccc(C2CCC(CN(C(=O)C3CCC(OC(=O)NCC(C)O)CC3)c3cc(-c4coc(C5CC5)n4)ccn3)CC2)nc1C. The minimum absolute atomic E-state index is 0.0695. The normalized spacial score (nSPS) is 23.5. The van der Waals surface area contributed by atoms with Crippen LogP contribution in [0.3, 0.4) is 0 Å². The highest BCUT2D eigenvalue weighted by Crippen LogP contribution is 2.41. The monoisotopic (exact) mass is 645 g/mol. The highest BCUT2D eigenvalue weighted by Gasteiger charge is 2.35. The molecule has 0 aromatic carbocycles. The zero-order valence-electron chi connectivity index (χ0n) is 27.7. The minimum atomic E-state index is -0.642. The van der Waals surface area contributed by atoms with E-state index in [1.807, 2.05) is 30.0 Å². The van der Waals surface area contributed by atoms with Gasteiger partial charge < -0.3 is 24.3 Å². The zero-order chi connectivity index (χ0) is 32.9. The van der Waals surface area contributed by atoms with Crippen molar-refractivity contribution in [2.45, 2.75) is 102 Å². The van der Waals surface area contributed by atoms with Crippen molar-refractivity contribution in [1.29, 1.82) is 0 Å². The van der Waals surface area contributed by atoms with Crippen molar-refractivity contribution in [3.05, 3.63) is 54.0 Å². The lowest BCUT2D eigenvalue weighted by Gasteiger charge is -2.35. The van der Waals surface area contributed by atoms with Crippen molar-refractivity contribution in [2.75, 3.05) is 25.1 Å². The second kappa shape index (κ2) is 14.8. The third-order valence-electron chi connectivity index (χ3n) is 9.86. The Morgan fingerprint density at radius 1 is 1.02 bits per heavy atom. The number of nitrogens with zero attached hydrogens (tertiary/aromatic N) is 4. The number of aromatic nitrogens is 3. The van der Waals surface area contributed by atoms with E-state index in [0.29, 0.717) is 55.8 Å². The summed E-state index contributed by atoms with van der Waals surface area (Å²) in [6.07, 6.45) is 10.8. The fraction of sp³-hybridized carbons (Fsp3) is 0.583. The third-order valence-corrected chi connectivity index (χ3v) is 9.86. The number of ether oxygens (including phenoxy) is 2. The van der Waals surface area contributed by atoms with E-state index in [0.717, 1.165) is 72.8 Å². The minimum Gasteiger partial charge on any atom is -0.495 e. The number of aryl methyl sites for hydroxylation is 1. The molecule has 3 saturated carbocycles. The Bertz CT molecular complexity index is 1520. The molecule has 0 aliphatic heterocycles. The standard InChI is InChI=1S/C36H47N5O6/c1-22(42)19-38-36(44)47-29-12-10-27(11-13-29)35(43)41(33-18-28(16-17-37-33)31-21-46-34(40-31)26-8-9-26)20-24-4-6-25(7-5-24)30-14-15-32(45-3)23(2)39-30/h14-18,21-22,24-27,29,42H,4-13,19-20H2,1-3H3,(H,38,44). The number of carbonyl (C=O) groups excluding carboxylic acids is 2. The average Bonchev–Trinajstić information content (AvgIpc) is 3.82. The van der Waals surface area contributed by atoms with E-state index in [9.17, 15) is 14.7 Å². The molecule has 0 bridgehead atoms. The smallest absolute Gasteiger partial charge is 0.407 e. The molecule has 3 aliphatic carbocycles. The van der Waals surface area contributed by atoms with E-state index in [1.54, 1.807) is 26.5 Å². The Hall–Kier alpha value is -3.99. The van der Waals surface area contributed by atoms with Gasteiger partial charge in [-0.15, -0.1) is 0 Å². The van der Waals surface area contributed by atoms with Crippen molar-refractivity contribution in [3.8, 4) is 17.0 Å². The zero-order valence-corrected chi connectivity index (χ0v) is 27.7. The second-order valence-electron chi connectivity index (χ2n) is 13.5. The van der Waals surface area contributed by atoms with Gasteiger partial charge in [-0.2, -0.15) is 0 Å². The maximum atomic E-state index is 14.3. The summed E-state index contributed by atoms with van der Waals surface area (Å²) in [7, 11) is 1.67. The highest BCUT2D eigenvalue weighted by atomic mass is 16.6. The molecule has 1 unspecified atom stereocenters. The molecule has 3 aliphatic rings. The van der Waals surface area contributed by atoms with Gasteiger partial charge in [0.25, 0.3) is 0 Å². The maximum absolute atomic E-state index is 14.3. The number of pyridine rings is 2. The van der Waals surface area contributed by atoms with Crippen molar-refractivity contribution >= 4 is 17.8 Å². The van der Waals surface area contributed by atoms with Crippen LogP contribution < -0.4 is 15.0 Å². The van der Waals surface area contributed by atoms with Crippen molar-refractivity contribution in [3.63, 3.8) is 0 Å². The number of hydrogen-bond donors (Lipinski definition) is 2. The van der Waals surface area contributed by atoms with E-state index in [1.165, 1.54) is 0 Å². The van der Waals surface area contributed by atoms with Gasteiger partial charge >= 0.3 is 6.09 Å². The number of anilines is 1. The van der Waals surface area contributed by atoms with Gasteiger partial charge in [0.2, 0.25) is 5.91 Å². The number of rotatable bonds is 11. The summed E-state index contributed by atoms with van der Waals surface area (Å²) in [5.41, 5.74) is 3.66. The molecule has 2 N–H and O–H groups in total. The topological polar surface area (TPSA) is 140 Å². The Labute approximate surface area is 276 Å². The third kappa shape index (κ3) is 8.30. The molecule has 11 nitrogen and oxygen atoms in total. The molecule has 3 aromatic rings. The van der Waals surface area contributed by atoms with Crippen LogP contribution in [0.1, 0.15) is 100 Å². The highest BCUT2D eigenvalue weighted by molar-refractivity contribution is 5.94. The molecule has 3 heterocycles. The van der Waals surface area contributed by atoms with Crippen LogP contribution in [0.2, 0.25) is 0 Å². The Morgan fingerprint density at radius 2 is 1.77 bits per heavy atom. The van der Waals surface area contributed by atoms with Crippen molar-refractivity contribution < 1.29 is 28.6 Å². The first-order valence-corrected chi connectivity index (χ1v) is 17.1.